The Morgan fingerprint density at radius 1 is 0.585 bits per heavy atom. The van der Waals surface area contributed by atoms with Gasteiger partial charge in [-0.05, 0) is 48.5 Å². The van der Waals surface area contributed by atoms with Crippen molar-refractivity contribution in [3.05, 3.63) is 127 Å². The number of anilines is 5. The summed E-state index contributed by atoms with van der Waals surface area (Å²) in [6, 6.07) is 34.0. The van der Waals surface area contributed by atoms with E-state index in [0.717, 1.165) is 68.7 Å². The zero-order valence-electron chi connectivity index (χ0n) is 21.7. The Morgan fingerprint density at radius 3 is 1.66 bits per heavy atom. The van der Waals surface area contributed by atoms with Gasteiger partial charge in [-0.3, -0.25) is 9.80 Å². The molecule has 4 aliphatic heterocycles. The molecule has 196 valence electrons. The first kappa shape index (κ1) is 22.3. The second-order valence-electron chi connectivity index (χ2n) is 10.2. The first-order valence-electron chi connectivity index (χ1n) is 13.6. The molecule has 0 N–H and O–H groups in total. The lowest BCUT2D eigenvalue weighted by Crippen LogP contribution is -2.27. The lowest BCUT2D eigenvalue weighted by atomic mass is 9.96. The molecule has 41 heavy (non-hydrogen) atoms. The van der Waals surface area contributed by atoms with Gasteiger partial charge in [0, 0.05) is 30.1 Å². The summed E-state index contributed by atoms with van der Waals surface area (Å²) < 4.78 is 19.0. The summed E-state index contributed by atoms with van der Waals surface area (Å²) in [5.41, 5.74) is 4.77. The molecule has 1 aromatic heterocycles. The van der Waals surface area contributed by atoms with Crippen LogP contribution in [0.4, 0.5) is 28.6 Å². The summed E-state index contributed by atoms with van der Waals surface area (Å²) in [6.07, 6.45) is 5.79. The summed E-state index contributed by atoms with van der Waals surface area (Å²) in [4.78, 5) is 14.1. The summed E-state index contributed by atoms with van der Waals surface area (Å²) in [5.74, 6) is 5.50. The van der Waals surface area contributed by atoms with Gasteiger partial charge in [0.1, 0.15) is 23.5 Å². The molecule has 0 saturated carbocycles. The molecule has 2 atom stereocenters. The second-order valence-corrected chi connectivity index (χ2v) is 10.2. The standard InChI is InChI=1S/C34H22N4O3/c1-5-13-27-23(9-1)37(24-10-2-6-14-28(24)39-27)33-17-31-21(19-35-33)22-20-36-34(18-32(22)41-31)38-25-11-3-7-15-29(25)40-30-16-8-4-12-26(30)38/h1-21,31H. The Morgan fingerprint density at radius 2 is 1.10 bits per heavy atom. The van der Waals surface area contributed by atoms with Crippen LogP contribution in [0.3, 0.4) is 0 Å². The fraction of sp³-hybridized carbons (Fsp3) is 0.0588. The smallest absolute Gasteiger partial charge is 0.151 e. The van der Waals surface area contributed by atoms with Crippen molar-refractivity contribution in [2.75, 3.05) is 9.80 Å². The molecule has 0 fully saturated rings. The molecule has 0 amide bonds. The van der Waals surface area contributed by atoms with Crippen LogP contribution < -0.4 is 24.0 Å². The van der Waals surface area contributed by atoms with Crippen LogP contribution in [0.1, 0.15) is 11.5 Å². The van der Waals surface area contributed by atoms with Crippen molar-refractivity contribution in [1.82, 2.24) is 4.98 Å². The van der Waals surface area contributed by atoms with Gasteiger partial charge in [-0.1, -0.05) is 48.5 Å². The van der Waals surface area contributed by atoms with E-state index in [1.54, 1.807) is 0 Å². The van der Waals surface area contributed by atoms with E-state index in [9.17, 15) is 0 Å². The van der Waals surface area contributed by atoms with E-state index in [1.807, 2.05) is 116 Å². The molecule has 9 rings (SSSR count). The predicted octanol–water partition coefficient (Wildman–Crippen LogP) is 8.37. The fourth-order valence-corrected chi connectivity index (χ4v) is 5.99. The van der Waals surface area contributed by atoms with E-state index >= 15 is 0 Å². The van der Waals surface area contributed by atoms with Crippen LogP contribution in [-0.2, 0) is 0 Å². The van der Waals surface area contributed by atoms with E-state index in [2.05, 4.69) is 15.9 Å². The SMILES string of the molecule is C1=NC(N2c3ccccc3Oc3ccccc32)=CC2Oc3cc(N4c5ccccc5Oc5ccccc54)ncc3C12. The topological polar surface area (TPSA) is 59.4 Å². The molecule has 0 spiro atoms. The molecule has 5 heterocycles. The highest BCUT2D eigenvalue weighted by Crippen LogP contribution is 2.52. The number of nitrogens with zero attached hydrogens (tertiary/aromatic N) is 4. The number of para-hydroxylation sites is 8. The molecule has 0 radical (unpaired) electrons. The van der Waals surface area contributed by atoms with Crippen molar-refractivity contribution < 1.29 is 14.2 Å². The van der Waals surface area contributed by atoms with Crippen LogP contribution in [0.25, 0.3) is 0 Å². The Hall–Kier alpha value is -5.56. The van der Waals surface area contributed by atoms with Crippen LogP contribution >= 0.6 is 0 Å². The number of ether oxygens (including phenoxy) is 3. The molecule has 0 aliphatic carbocycles. The zero-order chi connectivity index (χ0) is 26.9. The van der Waals surface area contributed by atoms with E-state index in [-0.39, 0.29) is 12.0 Å². The summed E-state index contributed by atoms with van der Waals surface area (Å²) >= 11 is 0. The minimum atomic E-state index is -0.207. The molecule has 7 nitrogen and oxygen atoms in total. The maximum atomic E-state index is 6.59. The number of hydrogen-bond acceptors (Lipinski definition) is 7. The third-order valence-corrected chi connectivity index (χ3v) is 7.86. The van der Waals surface area contributed by atoms with Gasteiger partial charge in [0.25, 0.3) is 0 Å². The molecule has 0 saturated heterocycles. The fourth-order valence-electron chi connectivity index (χ4n) is 5.99. The van der Waals surface area contributed by atoms with Crippen molar-refractivity contribution in [2.24, 2.45) is 4.99 Å². The van der Waals surface area contributed by atoms with Crippen LogP contribution in [0.15, 0.2) is 126 Å². The normalized spacial score (nSPS) is 18.8. The largest absolute Gasteiger partial charge is 0.485 e. The lowest BCUT2D eigenvalue weighted by Gasteiger charge is -2.34. The number of benzene rings is 4. The summed E-state index contributed by atoms with van der Waals surface area (Å²) in [5, 5.41) is 0. The Bertz CT molecular complexity index is 1840. The van der Waals surface area contributed by atoms with Gasteiger partial charge < -0.3 is 14.2 Å². The molecular weight excluding hydrogens is 512 g/mol. The van der Waals surface area contributed by atoms with E-state index in [0.29, 0.717) is 0 Å². The van der Waals surface area contributed by atoms with E-state index in [4.69, 9.17) is 24.2 Å². The predicted molar refractivity (Wildman–Crippen MR) is 158 cm³/mol. The minimum absolute atomic E-state index is 0.0221. The van der Waals surface area contributed by atoms with E-state index in [1.165, 1.54) is 0 Å². The van der Waals surface area contributed by atoms with Gasteiger partial charge in [0.05, 0.1) is 28.7 Å². The zero-order valence-corrected chi connectivity index (χ0v) is 21.7. The molecular formula is C34H22N4O3. The second kappa shape index (κ2) is 8.47. The third-order valence-electron chi connectivity index (χ3n) is 7.86. The quantitative estimate of drug-likeness (QED) is 0.222. The van der Waals surface area contributed by atoms with Crippen molar-refractivity contribution >= 4 is 34.8 Å². The highest BCUT2D eigenvalue weighted by Gasteiger charge is 2.38. The molecule has 2 unspecified atom stereocenters. The van der Waals surface area contributed by atoms with Crippen LogP contribution in [0, 0.1) is 0 Å². The number of aromatic nitrogens is 1. The highest BCUT2D eigenvalue weighted by molar-refractivity contribution is 5.87. The number of pyridine rings is 1. The molecule has 7 heteroatoms. The van der Waals surface area contributed by atoms with Crippen LogP contribution in [-0.4, -0.2) is 17.3 Å². The van der Waals surface area contributed by atoms with Gasteiger partial charge in [0.15, 0.2) is 23.0 Å². The number of hydrogen-bond donors (Lipinski definition) is 0. The molecule has 5 aromatic rings. The molecule has 0 bridgehead atoms. The summed E-state index contributed by atoms with van der Waals surface area (Å²) in [7, 11) is 0. The Balaban J connectivity index is 1.10. The lowest BCUT2D eigenvalue weighted by molar-refractivity contribution is 0.273. The van der Waals surface area contributed by atoms with Crippen LogP contribution in [0.5, 0.6) is 28.7 Å². The number of aliphatic imine (C=N–C) groups is 1. The van der Waals surface area contributed by atoms with E-state index < -0.39 is 0 Å². The third kappa shape index (κ3) is 3.32. The highest BCUT2D eigenvalue weighted by atomic mass is 16.5. The molecule has 4 aliphatic rings. The maximum Gasteiger partial charge on any atom is 0.151 e. The number of fused-ring (bicyclic) bond motifs is 7. The van der Waals surface area contributed by atoms with Gasteiger partial charge in [0.2, 0.25) is 0 Å². The molecule has 4 aromatic carbocycles. The van der Waals surface area contributed by atoms with Crippen molar-refractivity contribution in [3.8, 4) is 28.7 Å². The maximum absolute atomic E-state index is 6.59. The number of rotatable bonds is 2. The van der Waals surface area contributed by atoms with Gasteiger partial charge >= 0.3 is 0 Å². The average Bonchev–Trinajstić information content (AvgIpc) is 3.39. The van der Waals surface area contributed by atoms with Crippen LogP contribution in [0.2, 0.25) is 0 Å². The Labute approximate surface area is 236 Å². The monoisotopic (exact) mass is 534 g/mol. The summed E-state index contributed by atoms with van der Waals surface area (Å²) in [6.45, 7) is 0. The van der Waals surface area contributed by atoms with Gasteiger partial charge in [-0.15, -0.1) is 0 Å². The minimum Gasteiger partial charge on any atom is -0.485 e. The first-order chi connectivity index (χ1) is 20.3. The van der Waals surface area contributed by atoms with Crippen molar-refractivity contribution in [2.45, 2.75) is 12.0 Å². The van der Waals surface area contributed by atoms with Gasteiger partial charge in [-0.2, -0.15) is 0 Å². The van der Waals surface area contributed by atoms with Gasteiger partial charge in [-0.25, -0.2) is 9.98 Å². The first-order valence-corrected chi connectivity index (χ1v) is 13.6. The Kier molecular flexibility index (Phi) is 4.60. The van der Waals surface area contributed by atoms with Crippen molar-refractivity contribution in [3.63, 3.8) is 0 Å². The van der Waals surface area contributed by atoms with Crippen molar-refractivity contribution in [1.29, 1.82) is 0 Å². The average molecular weight is 535 g/mol.